The monoisotopic (exact) mass is 242 g/mol. The van der Waals surface area contributed by atoms with Crippen molar-refractivity contribution in [2.24, 2.45) is 5.41 Å². The van der Waals surface area contributed by atoms with Crippen molar-refractivity contribution in [2.45, 2.75) is 39.2 Å². The van der Waals surface area contributed by atoms with E-state index in [0.29, 0.717) is 32.4 Å². The molecule has 1 aliphatic rings. The van der Waals surface area contributed by atoms with E-state index in [1.165, 1.54) is 0 Å². The number of amides is 2. The predicted octanol–water partition coefficient (Wildman–Crippen LogP) is 0.132. The number of aliphatic hydroxyl groups is 1. The summed E-state index contributed by atoms with van der Waals surface area (Å²) in [5, 5.41) is 11.8. The van der Waals surface area contributed by atoms with Crippen molar-refractivity contribution >= 4 is 11.8 Å². The number of hydrogen-bond donors (Lipinski definition) is 2. The van der Waals surface area contributed by atoms with E-state index in [9.17, 15) is 9.59 Å². The summed E-state index contributed by atoms with van der Waals surface area (Å²) in [6.45, 7) is 4.66. The zero-order chi connectivity index (χ0) is 13.1. The Bertz CT molecular complexity index is 304. The molecule has 2 atom stereocenters. The summed E-state index contributed by atoms with van der Waals surface area (Å²) in [7, 11) is 1.62. The standard InChI is InChI=1S/C12H22N2O3/c1-9(15)4-5-10(16)14-7-6-12(2,8-14)11(17)13-3/h9,15H,4-8H2,1-3H3,(H,13,17). The Morgan fingerprint density at radius 3 is 2.71 bits per heavy atom. The molecule has 17 heavy (non-hydrogen) atoms. The summed E-state index contributed by atoms with van der Waals surface area (Å²) in [5.74, 6) is 0.0156. The summed E-state index contributed by atoms with van der Waals surface area (Å²) in [6.07, 6.45) is 1.08. The van der Waals surface area contributed by atoms with E-state index in [1.54, 1.807) is 18.9 Å². The van der Waals surface area contributed by atoms with Gasteiger partial charge in [0, 0.05) is 26.6 Å². The van der Waals surface area contributed by atoms with Crippen LogP contribution in [0.2, 0.25) is 0 Å². The first kappa shape index (κ1) is 14.0. The minimum Gasteiger partial charge on any atom is -0.393 e. The molecular weight excluding hydrogens is 220 g/mol. The van der Waals surface area contributed by atoms with Crippen LogP contribution >= 0.6 is 0 Å². The molecule has 0 aliphatic carbocycles. The van der Waals surface area contributed by atoms with E-state index in [-0.39, 0.29) is 11.8 Å². The second kappa shape index (κ2) is 5.49. The van der Waals surface area contributed by atoms with E-state index in [2.05, 4.69) is 5.32 Å². The lowest BCUT2D eigenvalue weighted by Crippen LogP contribution is -2.40. The molecule has 0 aromatic rings. The molecule has 1 fully saturated rings. The molecule has 1 aliphatic heterocycles. The van der Waals surface area contributed by atoms with Gasteiger partial charge in [-0.25, -0.2) is 0 Å². The van der Waals surface area contributed by atoms with Gasteiger partial charge in [-0.15, -0.1) is 0 Å². The smallest absolute Gasteiger partial charge is 0.227 e. The highest BCUT2D eigenvalue weighted by Gasteiger charge is 2.41. The van der Waals surface area contributed by atoms with Crippen LogP contribution in [0, 0.1) is 5.41 Å². The molecule has 5 heteroatoms. The second-order valence-electron chi connectivity index (χ2n) is 5.09. The van der Waals surface area contributed by atoms with Gasteiger partial charge in [-0.2, -0.15) is 0 Å². The molecule has 2 N–H and O–H groups in total. The van der Waals surface area contributed by atoms with Crippen LogP contribution in [0.15, 0.2) is 0 Å². The van der Waals surface area contributed by atoms with Crippen LogP contribution in [-0.4, -0.2) is 48.1 Å². The van der Waals surface area contributed by atoms with Crippen molar-refractivity contribution in [1.82, 2.24) is 10.2 Å². The van der Waals surface area contributed by atoms with Crippen molar-refractivity contribution in [1.29, 1.82) is 0 Å². The summed E-state index contributed by atoms with van der Waals surface area (Å²) in [6, 6.07) is 0. The quantitative estimate of drug-likeness (QED) is 0.736. The minimum atomic E-state index is -0.463. The number of carbonyl (C=O) groups is 2. The van der Waals surface area contributed by atoms with Gasteiger partial charge in [-0.1, -0.05) is 0 Å². The summed E-state index contributed by atoms with van der Waals surface area (Å²) in [4.78, 5) is 25.2. The summed E-state index contributed by atoms with van der Waals surface area (Å²) >= 11 is 0. The van der Waals surface area contributed by atoms with Gasteiger partial charge in [0.2, 0.25) is 11.8 Å². The summed E-state index contributed by atoms with van der Waals surface area (Å²) in [5.41, 5.74) is -0.463. The number of nitrogens with zero attached hydrogens (tertiary/aromatic N) is 1. The lowest BCUT2D eigenvalue weighted by Gasteiger charge is -2.22. The largest absolute Gasteiger partial charge is 0.393 e. The molecule has 2 amide bonds. The van der Waals surface area contributed by atoms with Gasteiger partial charge in [0.25, 0.3) is 0 Å². The van der Waals surface area contributed by atoms with Crippen molar-refractivity contribution in [2.75, 3.05) is 20.1 Å². The molecule has 98 valence electrons. The van der Waals surface area contributed by atoms with Crippen molar-refractivity contribution < 1.29 is 14.7 Å². The second-order valence-corrected chi connectivity index (χ2v) is 5.09. The zero-order valence-corrected chi connectivity index (χ0v) is 10.8. The molecule has 5 nitrogen and oxygen atoms in total. The van der Waals surface area contributed by atoms with Crippen LogP contribution in [0.1, 0.15) is 33.1 Å². The van der Waals surface area contributed by atoms with Crippen LogP contribution in [0.4, 0.5) is 0 Å². The molecule has 2 unspecified atom stereocenters. The minimum absolute atomic E-state index is 0.0108. The van der Waals surface area contributed by atoms with Gasteiger partial charge >= 0.3 is 0 Å². The highest BCUT2D eigenvalue weighted by atomic mass is 16.3. The van der Waals surface area contributed by atoms with E-state index in [1.807, 2.05) is 6.92 Å². The Balaban J connectivity index is 2.49. The Kier molecular flexibility index (Phi) is 4.51. The Labute approximate surface area is 102 Å². The molecule has 0 aromatic heterocycles. The Morgan fingerprint density at radius 1 is 1.53 bits per heavy atom. The van der Waals surface area contributed by atoms with Crippen LogP contribution in [0.25, 0.3) is 0 Å². The van der Waals surface area contributed by atoms with Gasteiger partial charge in [-0.05, 0) is 26.7 Å². The molecule has 1 heterocycles. The van der Waals surface area contributed by atoms with Crippen molar-refractivity contribution in [3.63, 3.8) is 0 Å². The van der Waals surface area contributed by atoms with E-state index >= 15 is 0 Å². The first-order valence-electron chi connectivity index (χ1n) is 6.07. The molecular formula is C12H22N2O3. The molecule has 0 radical (unpaired) electrons. The van der Waals surface area contributed by atoms with Crippen LogP contribution in [-0.2, 0) is 9.59 Å². The van der Waals surface area contributed by atoms with E-state index in [0.717, 1.165) is 0 Å². The first-order chi connectivity index (χ1) is 7.89. The SMILES string of the molecule is CNC(=O)C1(C)CCN(C(=O)CCC(C)O)C1. The topological polar surface area (TPSA) is 69.6 Å². The third-order valence-electron chi connectivity index (χ3n) is 3.38. The predicted molar refractivity (Wildman–Crippen MR) is 64.3 cm³/mol. The lowest BCUT2D eigenvalue weighted by atomic mass is 9.89. The van der Waals surface area contributed by atoms with Crippen LogP contribution in [0.3, 0.4) is 0 Å². The van der Waals surface area contributed by atoms with Gasteiger partial charge in [0.15, 0.2) is 0 Å². The average Bonchev–Trinajstić information content (AvgIpc) is 2.69. The third-order valence-corrected chi connectivity index (χ3v) is 3.38. The van der Waals surface area contributed by atoms with Gasteiger partial charge in [0.05, 0.1) is 11.5 Å². The summed E-state index contributed by atoms with van der Waals surface area (Å²) < 4.78 is 0. The maximum atomic E-state index is 11.8. The van der Waals surface area contributed by atoms with E-state index in [4.69, 9.17) is 5.11 Å². The van der Waals surface area contributed by atoms with Crippen LogP contribution in [0.5, 0.6) is 0 Å². The molecule has 0 spiro atoms. The average molecular weight is 242 g/mol. The highest BCUT2D eigenvalue weighted by molar-refractivity contribution is 5.84. The number of aliphatic hydroxyl groups excluding tert-OH is 1. The fourth-order valence-electron chi connectivity index (χ4n) is 2.15. The Morgan fingerprint density at radius 2 is 2.18 bits per heavy atom. The fourth-order valence-corrected chi connectivity index (χ4v) is 2.15. The third kappa shape index (κ3) is 3.43. The Hall–Kier alpha value is -1.10. The van der Waals surface area contributed by atoms with E-state index < -0.39 is 11.5 Å². The molecule has 0 aromatic carbocycles. The van der Waals surface area contributed by atoms with Crippen molar-refractivity contribution in [3.05, 3.63) is 0 Å². The maximum Gasteiger partial charge on any atom is 0.227 e. The fraction of sp³-hybridized carbons (Fsp3) is 0.833. The first-order valence-corrected chi connectivity index (χ1v) is 6.07. The number of hydrogen-bond acceptors (Lipinski definition) is 3. The van der Waals surface area contributed by atoms with Crippen LogP contribution < -0.4 is 5.32 Å². The van der Waals surface area contributed by atoms with Gasteiger partial charge < -0.3 is 15.3 Å². The van der Waals surface area contributed by atoms with Gasteiger partial charge in [0.1, 0.15) is 0 Å². The normalized spacial score (nSPS) is 25.8. The molecule has 0 saturated carbocycles. The lowest BCUT2D eigenvalue weighted by molar-refractivity contribution is -0.132. The molecule has 1 saturated heterocycles. The zero-order valence-electron chi connectivity index (χ0n) is 10.8. The van der Waals surface area contributed by atoms with Crippen molar-refractivity contribution in [3.8, 4) is 0 Å². The maximum absolute atomic E-state index is 11.8. The molecule has 0 bridgehead atoms. The number of carbonyl (C=O) groups excluding carboxylic acids is 2. The number of rotatable bonds is 4. The molecule has 1 rings (SSSR count). The number of likely N-dealkylation sites (tertiary alicyclic amines) is 1. The highest BCUT2D eigenvalue weighted by Crippen LogP contribution is 2.30. The number of nitrogens with one attached hydrogen (secondary N) is 1. The van der Waals surface area contributed by atoms with Gasteiger partial charge in [-0.3, -0.25) is 9.59 Å².